The van der Waals surface area contributed by atoms with Gasteiger partial charge in [0, 0.05) is 31.3 Å². The molecule has 5 rings (SSSR count). The zero-order chi connectivity index (χ0) is 20.9. The van der Waals surface area contributed by atoms with Crippen LogP contribution < -0.4 is 4.74 Å². The van der Waals surface area contributed by atoms with Gasteiger partial charge in [-0.25, -0.2) is 4.39 Å². The minimum absolute atomic E-state index is 0.293. The Bertz CT molecular complexity index is 989. The fourth-order valence-electron chi connectivity index (χ4n) is 4.84. The highest BCUT2D eigenvalue weighted by molar-refractivity contribution is 5.87. The number of benzene rings is 2. The number of ether oxygens (including phenoxy) is 1. The molecular weight excluding hydrogens is 381 g/mol. The molecule has 4 nitrogen and oxygen atoms in total. The van der Waals surface area contributed by atoms with Crippen LogP contribution in [0.3, 0.4) is 0 Å². The lowest BCUT2D eigenvalue weighted by Gasteiger charge is -2.32. The van der Waals surface area contributed by atoms with Gasteiger partial charge in [-0.1, -0.05) is 29.3 Å². The van der Waals surface area contributed by atoms with E-state index < -0.39 is 11.4 Å². The third-order valence-electron chi connectivity index (χ3n) is 6.77. The van der Waals surface area contributed by atoms with E-state index in [2.05, 4.69) is 30.0 Å². The molecule has 2 aromatic carbocycles. The molecule has 2 heterocycles. The number of halogens is 1. The summed E-state index contributed by atoms with van der Waals surface area (Å²) in [5.41, 5.74) is 6.41. The number of aliphatic carboxylic acids is 1. The maximum atomic E-state index is 13.9. The SMILES string of the molecule is Cc1ccc2c(c1)COc1cc(F)ccc1C2=C1CCN(CC2(C(=O)O)CC2)CC1. The first kappa shape index (κ1) is 19.3. The van der Waals surface area contributed by atoms with Gasteiger partial charge in [0.1, 0.15) is 18.2 Å². The molecule has 2 aliphatic heterocycles. The maximum absolute atomic E-state index is 13.9. The summed E-state index contributed by atoms with van der Waals surface area (Å²) in [5, 5.41) is 9.50. The molecule has 0 unspecified atom stereocenters. The Hall–Kier alpha value is -2.66. The summed E-state index contributed by atoms with van der Waals surface area (Å²) in [6, 6.07) is 11.2. The standard InChI is InChI=1S/C25H26FNO3/c1-16-2-4-20-18(12-16)14-30-22-13-19(26)3-5-21(22)23(20)17-6-10-27(11-7-17)15-25(8-9-25)24(28)29/h2-5,12-13H,6-11,14-15H2,1H3,(H,28,29). The average molecular weight is 407 g/mol. The van der Waals surface area contributed by atoms with Crippen molar-refractivity contribution in [2.45, 2.75) is 39.2 Å². The summed E-state index contributed by atoms with van der Waals surface area (Å²) >= 11 is 0. The number of carbonyl (C=O) groups is 1. The number of piperidine rings is 1. The lowest BCUT2D eigenvalue weighted by molar-refractivity contribution is -0.144. The Balaban J connectivity index is 1.50. The molecule has 0 atom stereocenters. The van der Waals surface area contributed by atoms with Crippen molar-refractivity contribution in [1.29, 1.82) is 0 Å². The number of nitrogens with zero attached hydrogens (tertiary/aromatic N) is 1. The Morgan fingerprint density at radius 1 is 1.13 bits per heavy atom. The van der Waals surface area contributed by atoms with Crippen LogP contribution in [0, 0.1) is 18.2 Å². The largest absolute Gasteiger partial charge is 0.488 e. The molecule has 1 N–H and O–H groups in total. The van der Waals surface area contributed by atoms with Crippen molar-refractivity contribution in [1.82, 2.24) is 4.90 Å². The van der Waals surface area contributed by atoms with Gasteiger partial charge in [0.15, 0.2) is 0 Å². The first-order chi connectivity index (χ1) is 14.4. The molecule has 1 aliphatic carbocycles. The topological polar surface area (TPSA) is 49.8 Å². The maximum Gasteiger partial charge on any atom is 0.310 e. The van der Waals surface area contributed by atoms with E-state index in [1.807, 2.05) is 6.07 Å². The number of rotatable bonds is 3. The van der Waals surface area contributed by atoms with E-state index in [1.54, 1.807) is 0 Å². The molecule has 156 valence electrons. The lowest BCUT2D eigenvalue weighted by atomic mass is 9.86. The van der Waals surface area contributed by atoms with Crippen molar-refractivity contribution < 1.29 is 19.0 Å². The van der Waals surface area contributed by atoms with Gasteiger partial charge in [-0.05, 0) is 61.4 Å². The van der Waals surface area contributed by atoms with E-state index in [0.717, 1.165) is 55.5 Å². The first-order valence-corrected chi connectivity index (χ1v) is 10.7. The minimum Gasteiger partial charge on any atom is -0.488 e. The van der Waals surface area contributed by atoms with E-state index in [4.69, 9.17) is 4.74 Å². The molecule has 3 aliphatic rings. The molecule has 2 fully saturated rings. The van der Waals surface area contributed by atoms with Crippen LogP contribution in [-0.4, -0.2) is 35.6 Å². The molecule has 0 aromatic heterocycles. The van der Waals surface area contributed by atoms with Crippen LogP contribution in [0.25, 0.3) is 5.57 Å². The highest BCUT2D eigenvalue weighted by Gasteiger charge is 2.51. The van der Waals surface area contributed by atoms with Crippen molar-refractivity contribution in [3.05, 3.63) is 70.0 Å². The number of carboxylic acids is 1. The van der Waals surface area contributed by atoms with Gasteiger partial charge in [0.05, 0.1) is 5.41 Å². The van der Waals surface area contributed by atoms with Crippen LogP contribution in [0.5, 0.6) is 5.75 Å². The molecule has 5 heteroatoms. The predicted molar refractivity (Wildman–Crippen MR) is 113 cm³/mol. The molecule has 0 amide bonds. The van der Waals surface area contributed by atoms with Crippen molar-refractivity contribution >= 4 is 11.5 Å². The smallest absolute Gasteiger partial charge is 0.310 e. The molecule has 2 aromatic rings. The van der Waals surface area contributed by atoms with E-state index >= 15 is 0 Å². The van der Waals surface area contributed by atoms with Crippen LogP contribution in [0.2, 0.25) is 0 Å². The van der Waals surface area contributed by atoms with Crippen molar-refractivity contribution in [2.24, 2.45) is 5.41 Å². The quantitative estimate of drug-likeness (QED) is 0.795. The van der Waals surface area contributed by atoms with E-state index in [0.29, 0.717) is 18.9 Å². The summed E-state index contributed by atoms with van der Waals surface area (Å²) in [7, 11) is 0. The normalized spacial score (nSPS) is 20.1. The lowest BCUT2D eigenvalue weighted by Crippen LogP contribution is -2.38. The van der Waals surface area contributed by atoms with Gasteiger partial charge < -0.3 is 14.7 Å². The number of fused-ring (bicyclic) bond motifs is 2. The van der Waals surface area contributed by atoms with Crippen LogP contribution in [0.1, 0.15) is 47.9 Å². The monoisotopic (exact) mass is 407 g/mol. The summed E-state index contributed by atoms with van der Waals surface area (Å²) in [5.74, 6) is -0.358. The average Bonchev–Trinajstić information content (AvgIpc) is 3.52. The molecule has 30 heavy (non-hydrogen) atoms. The van der Waals surface area contributed by atoms with Crippen LogP contribution >= 0.6 is 0 Å². The summed E-state index contributed by atoms with van der Waals surface area (Å²) in [6.45, 7) is 4.85. The molecule has 0 spiro atoms. The highest BCUT2D eigenvalue weighted by atomic mass is 19.1. The summed E-state index contributed by atoms with van der Waals surface area (Å²) < 4.78 is 19.9. The van der Waals surface area contributed by atoms with Gasteiger partial charge in [-0.2, -0.15) is 0 Å². The molecule has 0 bridgehead atoms. The van der Waals surface area contributed by atoms with Crippen molar-refractivity contribution in [3.63, 3.8) is 0 Å². The number of hydrogen-bond donors (Lipinski definition) is 1. The zero-order valence-electron chi connectivity index (χ0n) is 17.2. The van der Waals surface area contributed by atoms with E-state index in [-0.39, 0.29) is 5.82 Å². The van der Waals surface area contributed by atoms with Gasteiger partial charge >= 0.3 is 5.97 Å². The molecule has 1 saturated carbocycles. The first-order valence-electron chi connectivity index (χ1n) is 10.7. The molecule has 0 radical (unpaired) electrons. The predicted octanol–water partition coefficient (Wildman–Crippen LogP) is 4.79. The Morgan fingerprint density at radius 2 is 1.87 bits per heavy atom. The fourth-order valence-corrected chi connectivity index (χ4v) is 4.84. The third kappa shape index (κ3) is 3.41. The Morgan fingerprint density at radius 3 is 2.57 bits per heavy atom. The zero-order valence-corrected chi connectivity index (χ0v) is 17.2. The number of carboxylic acid groups (broad SMARTS) is 1. The summed E-state index contributed by atoms with van der Waals surface area (Å²) in [6.07, 6.45) is 3.34. The summed E-state index contributed by atoms with van der Waals surface area (Å²) in [4.78, 5) is 13.8. The minimum atomic E-state index is -0.659. The van der Waals surface area contributed by atoms with Crippen molar-refractivity contribution in [2.75, 3.05) is 19.6 Å². The van der Waals surface area contributed by atoms with Crippen molar-refractivity contribution in [3.8, 4) is 5.75 Å². The number of hydrogen-bond acceptors (Lipinski definition) is 3. The van der Waals surface area contributed by atoms with Crippen LogP contribution in [-0.2, 0) is 11.4 Å². The number of likely N-dealkylation sites (tertiary alicyclic amines) is 1. The van der Waals surface area contributed by atoms with E-state index in [9.17, 15) is 14.3 Å². The van der Waals surface area contributed by atoms with E-state index in [1.165, 1.54) is 28.8 Å². The highest BCUT2D eigenvalue weighted by Crippen LogP contribution is 2.47. The molecule has 1 saturated heterocycles. The van der Waals surface area contributed by atoms with Crippen LogP contribution in [0.15, 0.2) is 42.0 Å². The Labute approximate surface area is 176 Å². The second-order valence-electron chi connectivity index (χ2n) is 8.93. The fraction of sp³-hybridized carbons (Fsp3) is 0.400. The molecular formula is C25H26FNO3. The second-order valence-corrected chi connectivity index (χ2v) is 8.93. The third-order valence-corrected chi connectivity index (χ3v) is 6.77. The Kier molecular flexibility index (Phi) is 4.66. The van der Waals surface area contributed by atoms with Gasteiger partial charge in [0.25, 0.3) is 0 Å². The second kappa shape index (κ2) is 7.24. The van der Waals surface area contributed by atoms with Crippen LogP contribution in [0.4, 0.5) is 4.39 Å². The van der Waals surface area contributed by atoms with Gasteiger partial charge in [-0.3, -0.25) is 4.79 Å². The number of aryl methyl sites for hydroxylation is 1. The van der Waals surface area contributed by atoms with Gasteiger partial charge in [0.2, 0.25) is 0 Å². The van der Waals surface area contributed by atoms with Gasteiger partial charge in [-0.15, -0.1) is 0 Å².